The van der Waals surface area contributed by atoms with Crippen molar-refractivity contribution < 1.29 is 4.74 Å². The molecule has 25 heavy (non-hydrogen) atoms. The van der Waals surface area contributed by atoms with Crippen LogP contribution in [0, 0.1) is 0 Å². The summed E-state index contributed by atoms with van der Waals surface area (Å²) in [7, 11) is 2.01. The molecule has 1 atom stereocenters. The highest BCUT2D eigenvalue weighted by molar-refractivity contribution is 5.85. The molecule has 0 spiro atoms. The molecule has 0 saturated carbocycles. The number of hydrogen-bond acceptors (Lipinski definition) is 2. The lowest BCUT2D eigenvalue weighted by atomic mass is 9.80. The Morgan fingerprint density at radius 3 is 1.96 bits per heavy atom. The van der Waals surface area contributed by atoms with E-state index in [1.54, 1.807) is 0 Å². The van der Waals surface area contributed by atoms with Crippen LogP contribution in [0.1, 0.15) is 37.3 Å². The van der Waals surface area contributed by atoms with Crippen molar-refractivity contribution in [3.8, 4) is 0 Å². The van der Waals surface area contributed by atoms with Crippen LogP contribution in [0.25, 0.3) is 0 Å². The lowest BCUT2D eigenvalue weighted by molar-refractivity contribution is -0.0307. The molecule has 1 unspecified atom stereocenters. The van der Waals surface area contributed by atoms with E-state index in [1.165, 1.54) is 11.1 Å². The van der Waals surface area contributed by atoms with Gasteiger partial charge in [-0.2, -0.15) is 0 Å². The summed E-state index contributed by atoms with van der Waals surface area (Å²) in [6.07, 6.45) is 4.74. The molecule has 2 aromatic rings. The average molecular weight is 360 g/mol. The molecule has 0 amide bonds. The second-order valence-corrected chi connectivity index (χ2v) is 6.12. The zero-order chi connectivity index (χ0) is 17.3. The lowest BCUT2D eigenvalue weighted by Crippen LogP contribution is -2.40. The number of ether oxygens (including phenoxy) is 1. The summed E-state index contributed by atoms with van der Waals surface area (Å²) in [4.78, 5) is 0. The van der Waals surface area contributed by atoms with E-state index in [4.69, 9.17) is 4.74 Å². The number of benzene rings is 2. The van der Waals surface area contributed by atoms with Crippen molar-refractivity contribution in [1.82, 2.24) is 5.32 Å². The fourth-order valence-electron chi connectivity index (χ4n) is 3.17. The normalized spacial score (nSPS) is 12.2. The minimum absolute atomic E-state index is 0. The van der Waals surface area contributed by atoms with Gasteiger partial charge in [-0.25, -0.2) is 0 Å². The third kappa shape index (κ3) is 5.43. The zero-order valence-electron chi connectivity index (χ0n) is 15.3. The number of nitrogens with one attached hydrogen (secondary N) is 1. The number of halogens is 1. The van der Waals surface area contributed by atoms with Crippen molar-refractivity contribution in [1.29, 1.82) is 0 Å². The molecule has 136 valence electrons. The summed E-state index contributed by atoms with van der Waals surface area (Å²) >= 11 is 0. The Morgan fingerprint density at radius 1 is 1.04 bits per heavy atom. The van der Waals surface area contributed by atoms with Gasteiger partial charge in [-0.05, 0) is 31.0 Å². The average Bonchev–Trinajstić information content (AvgIpc) is 2.66. The summed E-state index contributed by atoms with van der Waals surface area (Å²) in [5.41, 5.74) is 1.96. The third-order valence-corrected chi connectivity index (χ3v) is 4.43. The molecular formula is C22H30ClNO. The van der Waals surface area contributed by atoms with Gasteiger partial charge >= 0.3 is 0 Å². The summed E-state index contributed by atoms with van der Waals surface area (Å²) in [6.45, 7) is 6.79. The second-order valence-electron chi connectivity index (χ2n) is 6.12. The van der Waals surface area contributed by atoms with E-state index >= 15 is 0 Å². The van der Waals surface area contributed by atoms with E-state index in [0.717, 1.165) is 25.9 Å². The molecule has 2 rings (SSSR count). The van der Waals surface area contributed by atoms with Crippen LogP contribution < -0.4 is 5.32 Å². The molecule has 0 aliphatic heterocycles. The standard InChI is InChI=1S/C22H29NO.ClH/c1-4-12-21(23-3)18-22(24-17-5-2,19-13-8-6-9-14-19)20-15-10-7-11-16-20;/h4,6-11,13-16,21,23H,1,5,12,17-18H2,2-3H3;1H. The van der Waals surface area contributed by atoms with Gasteiger partial charge in [-0.1, -0.05) is 73.7 Å². The Kier molecular flexibility index (Phi) is 9.51. The Labute approximate surface area is 158 Å². The SMILES string of the molecule is C=CCC(CC(OCCC)(c1ccccc1)c1ccccc1)NC.Cl. The lowest BCUT2D eigenvalue weighted by Gasteiger charge is -2.38. The van der Waals surface area contributed by atoms with Crippen molar-refractivity contribution in [3.05, 3.63) is 84.4 Å². The van der Waals surface area contributed by atoms with Crippen molar-refractivity contribution in [2.24, 2.45) is 0 Å². The van der Waals surface area contributed by atoms with Crippen LogP contribution in [0.15, 0.2) is 73.3 Å². The molecule has 0 heterocycles. The largest absolute Gasteiger partial charge is 0.365 e. The Morgan fingerprint density at radius 2 is 1.56 bits per heavy atom. The van der Waals surface area contributed by atoms with Crippen molar-refractivity contribution in [2.45, 2.75) is 37.8 Å². The fraction of sp³-hybridized carbons (Fsp3) is 0.364. The Bertz CT molecular complexity index is 560. The van der Waals surface area contributed by atoms with Gasteiger partial charge in [-0.15, -0.1) is 19.0 Å². The molecule has 3 heteroatoms. The molecule has 0 bridgehead atoms. The highest BCUT2D eigenvalue weighted by Gasteiger charge is 2.37. The van der Waals surface area contributed by atoms with Crippen molar-refractivity contribution >= 4 is 12.4 Å². The molecule has 2 nitrogen and oxygen atoms in total. The van der Waals surface area contributed by atoms with Crippen LogP contribution in [0.3, 0.4) is 0 Å². The van der Waals surface area contributed by atoms with Gasteiger partial charge in [-0.3, -0.25) is 0 Å². The van der Waals surface area contributed by atoms with Crippen LogP contribution in [-0.4, -0.2) is 19.7 Å². The topological polar surface area (TPSA) is 21.3 Å². The van der Waals surface area contributed by atoms with E-state index in [1.807, 2.05) is 13.1 Å². The first-order chi connectivity index (χ1) is 11.8. The summed E-state index contributed by atoms with van der Waals surface area (Å²) in [5.74, 6) is 0. The van der Waals surface area contributed by atoms with E-state index in [2.05, 4.69) is 79.5 Å². The highest BCUT2D eigenvalue weighted by atomic mass is 35.5. The summed E-state index contributed by atoms with van der Waals surface area (Å²) < 4.78 is 6.56. The van der Waals surface area contributed by atoms with Crippen molar-refractivity contribution in [3.63, 3.8) is 0 Å². The van der Waals surface area contributed by atoms with Gasteiger partial charge in [0.05, 0.1) is 0 Å². The third-order valence-electron chi connectivity index (χ3n) is 4.43. The Hall–Kier alpha value is -1.61. The minimum atomic E-state index is -0.449. The number of hydrogen-bond donors (Lipinski definition) is 1. The van der Waals surface area contributed by atoms with Gasteiger partial charge in [0.25, 0.3) is 0 Å². The van der Waals surface area contributed by atoms with Gasteiger partial charge in [0.2, 0.25) is 0 Å². The second kappa shape index (κ2) is 11.1. The predicted molar refractivity (Wildman–Crippen MR) is 109 cm³/mol. The quantitative estimate of drug-likeness (QED) is 0.578. The summed E-state index contributed by atoms with van der Waals surface area (Å²) in [6, 6.07) is 21.4. The molecule has 0 fully saturated rings. The molecule has 0 aliphatic rings. The summed E-state index contributed by atoms with van der Waals surface area (Å²) in [5, 5.41) is 3.42. The maximum atomic E-state index is 6.56. The van der Waals surface area contributed by atoms with Crippen LogP contribution in [0.2, 0.25) is 0 Å². The van der Waals surface area contributed by atoms with Gasteiger partial charge in [0.1, 0.15) is 5.60 Å². The maximum absolute atomic E-state index is 6.56. The first kappa shape index (κ1) is 21.4. The van der Waals surface area contributed by atoms with E-state index in [9.17, 15) is 0 Å². The first-order valence-electron chi connectivity index (χ1n) is 8.80. The predicted octanol–water partition coefficient (Wildman–Crippen LogP) is 5.33. The smallest absolute Gasteiger partial charge is 0.120 e. The fourth-order valence-corrected chi connectivity index (χ4v) is 3.17. The van der Waals surface area contributed by atoms with E-state index in [0.29, 0.717) is 6.04 Å². The molecule has 0 saturated heterocycles. The van der Waals surface area contributed by atoms with E-state index < -0.39 is 5.60 Å². The molecule has 0 aromatic heterocycles. The molecule has 0 radical (unpaired) electrons. The number of rotatable bonds is 10. The molecular weight excluding hydrogens is 330 g/mol. The molecule has 1 N–H and O–H groups in total. The van der Waals surface area contributed by atoms with Crippen LogP contribution >= 0.6 is 12.4 Å². The maximum Gasteiger partial charge on any atom is 0.120 e. The van der Waals surface area contributed by atoms with Gasteiger partial charge in [0.15, 0.2) is 0 Å². The van der Waals surface area contributed by atoms with Crippen molar-refractivity contribution in [2.75, 3.05) is 13.7 Å². The van der Waals surface area contributed by atoms with Gasteiger partial charge < -0.3 is 10.1 Å². The van der Waals surface area contributed by atoms with Crippen LogP contribution in [0.4, 0.5) is 0 Å². The van der Waals surface area contributed by atoms with Crippen LogP contribution in [0.5, 0.6) is 0 Å². The van der Waals surface area contributed by atoms with E-state index in [-0.39, 0.29) is 12.4 Å². The van der Waals surface area contributed by atoms with Gasteiger partial charge in [0, 0.05) is 19.1 Å². The van der Waals surface area contributed by atoms with Crippen LogP contribution in [-0.2, 0) is 10.3 Å². The molecule has 2 aromatic carbocycles. The molecule has 0 aliphatic carbocycles. The zero-order valence-corrected chi connectivity index (χ0v) is 16.1. The first-order valence-corrected chi connectivity index (χ1v) is 8.80. The Balaban J connectivity index is 0.00000312. The monoisotopic (exact) mass is 359 g/mol. The minimum Gasteiger partial charge on any atom is -0.365 e. The highest BCUT2D eigenvalue weighted by Crippen LogP contribution is 2.38.